The summed E-state index contributed by atoms with van der Waals surface area (Å²) in [7, 11) is 0. The maximum atomic E-state index is 5.94. The van der Waals surface area contributed by atoms with E-state index in [1.165, 1.54) is 0 Å². The predicted octanol–water partition coefficient (Wildman–Crippen LogP) is 0.333. The highest BCUT2D eigenvalue weighted by Gasteiger charge is 2.42. The van der Waals surface area contributed by atoms with Crippen molar-refractivity contribution in [2.75, 3.05) is 13.1 Å². The van der Waals surface area contributed by atoms with E-state index in [0.717, 1.165) is 13.1 Å². The zero-order valence-corrected chi connectivity index (χ0v) is 6.49. The lowest BCUT2D eigenvalue weighted by atomic mass is 9.69. The molecule has 0 amide bonds. The molecule has 1 fully saturated rings. The van der Waals surface area contributed by atoms with Gasteiger partial charge in [0.15, 0.2) is 0 Å². The normalized spacial score (nSPS) is 25.3. The second-order valence-electron chi connectivity index (χ2n) is 3.89. The van der Waals surface area contributed by atoms with Crippen LogP contribution in [0.1, 0.15) is 20.8 Å². The quantitative estimate of drug-likeness (QED) is 0.534. The molecule has 0 unspecified atom stereocenters. The Bertz CT molecular complexity index is 109. The van der Waals surface area contributed by atoms with Crippen LogP contribution in [0.4, 0.5) is 0 Å². The summed E-state index contributed by atoms with van der Waals surface area (Å²) in [6, 6.07) is 0. The SMILES string of the molecule is CC(C)(N)C1(C)CNC1. The summed E-state index contributed by atoms with van der Waals surface area (Å²) in [4.78, 5) is 0. The van der Waals surface area contributed by atoms with E-state index in [4.69, 9.17) is 5.73 Å². The van der Waals surface area contributed by atoms with E-state index in [2.05, 4.69) is 26.1 Å². The second-order valence-corrected chi connectivity index (χ2v) is 3.89. The first-order valence-electron chi connectivity index (χ1n) is 3.45. The van der Waals surface area contributed by atoms with Crippen molar-refractivity contribution >= 4 is 0 Å². The Labute approximate surface area is 56.8 Å². The third kappa shape index (κ3) is 0.970. The van der Waals surface area contributed by atoms with Crippen molar-refractivity contribution in [2.24, 2.45) is 11.1 Å². The van der Waals surface area contributed by atoms with Crippen LogP contribution < -0.4 is 11.1 Å². The molecule has 2 heteroatoms. The molecule has 0 bridgehead atoms. The van der Waals surface area contributed by atoms with Gasteiger partial charge in [-0.1, -0.05) is 6.92 Å². The number of hydrogen-bond donors (Lipinski definition) is 2. The molecule has 0 radical (unpaired) electrons. The molecule has 54 valence electrons. The molecule has 1 aliphatic rings. The molecule has 0 aromatic heterocycles. The van der Waals surface area contributed by atoms with Crippen LogP contribution in [0.15, 0.2) is 0 Å². The van der Waals surface area contributed by atoms with E-state index >= 15 is 0 Å². The van der Waals surface area contributed by atoms with Crippen LogP contribution in [0.3, 0.4) is 0 Å². The highest BCUT2D eigenvalue weighted by Crippen LogP contribution is 2.32. The predicted molar refractivity (Wildman–Crippen MR) is 39.2 cm³/mol. The Hall–Kier alpha value is -0.0800. The fourth-order valence-electron chi connectivity index (χ4n) is 0.956. The molecule has 0 spiro atoms. The van der Waals surface area contributed by atoms with Gasteiger partial charge in [-0.05, 0) is 13.8 Å². The Balaban J connectivity index is 2.59. The summed E-state index contributed by atoms with van der Waals surface area (Å²) in [6.45, 7) is 8.54. The third-order valence-electron chi connectivity index (χ3n) is 2.59. The largest absolute Gasteiger partial charge is 0.325 e. The first-order chi connectivity index (χ1) is 3.96. The van der Waals surface area contributed by atoms with Gasteiger partial charge < -0.3 is 11.1 Å². The molecule has 1 saturated heterocycles. The van der Waals surface area contributed by atoms with Gasteiger partial charge in [0, 0.05) is 24.0 Å². The van der Waals surface area contributed by atoms with E-state index in [9.17, 15) is 0 Å². The molecule has 9 heavy (non-hydrogen) atoms. The Morgan fingerprint density at radius 3 is 1.89 bits per heavy atom. The van der Waals surface area contributed by atoms with Gasteiger partial charge in [0.1, 0.15) is 0 Å². The van der Waals surface area contributed by atoms with Gasteiger partial charge in [0.05, 0.1) is 0 Å². The molecule has 1 aliphatic heterocycles. The zero-order valence-electron chi connectivity index (χ0n) is 6.49. The van der Waals surface area contributed by atoms with E-state index in [-0.39, 0.29) is 5.54 Å². The van der Waals surface area contributed by atoms with Crippen molar-refractivity contribution in [3.63, 3.8) is 0 Å². The average Bonchev–Trinajstić information content (AvgIpc) is 1.57. The van der Waals surface area contributed by atoms with E-state index in [0.29, 0.717) is 5.41 Å². The minimum absolute atomic E-state index is 0.0295. The molecule has 3 N–H and O–H groups in total. The molecule has 2 nitrogen and oxygen atoms in total. The summed E-state index contributed by atoms with van der Waals surface area (Å²) in [5, 5.41) is 3.23. The highest BCUT2D eigenvalue weighted by atomic mass is 15.0. The Morgan fingerprint density at radius 1 is 1.44 bits per heavy atom. The molecule has 0 atom stereocenters. The first-order valence-corrected chi connectivity index (χ1v) is 3.45. The minimum atomic E-state index is -0.0295. The van der Waals surface area contributed by atoms with Gasteiger partial charge in [-0.3, -0.25) is 0 Å². The van der Waals surface area contributed by atoms with Gasteiger partial charge in [-0.25, -0.2) is 0 Å². The van der Waals surface area contributed by atoms with E-state index in [1.807, 2.05) is 0 Å². The fraction of sp³-hybridized carbons (Fsp3) is 1.00. The monoisotopic (exact) mass is 128 g/mol. The molecule has 0 aliphatic carbocycles. The molecule has 0 aromatic rings. The van der Waals surface area contributed by atoms with E-state index < -0.39 is 0 Å². The standard InChI is InChI=1S/C7H16N2/c1-6(2,8)7(3)4-9-5-7/h9H,4-5,8H2,1-3H3. The summed E-state index contributed by atoms with van der Waals surface area (Å²) in [6.07, 6.45) is 0. The smallest absolute Gasteiger partial charge is 0.0175 e. The van der Waals surface area contributed by atoms with Crippen molar-refractivity contribution in [1.29, 1.82) is 0 Å². The molecule has 0 aromatic carbocycles. The van der Waals surface area contributed by atoms with Crippen molar-refractivity contribution in [3.05, 3.63) is 0 Å². The molecular formula is C7H16N2. The number of nitrogens with one attached hydrogen (secondary N) is 1. The lowest BCUT2D eigenvalue weighted by molar-refractivity contribution is 0.0962. The fourth-order valence-corrected chi connectivity index (χ4v) is 0.956. The number of nitrogens with two attached hydrogens (primary N) is 1. The summed E-state index contributed by atoms with van der Waals surface area (Å²) < 4.78 is 0. The molecule has 1 rings (SSSR count). The van der Waals surface area contributed by atoms with Crippen molar-refractivity contribution in [2.45, 2.75) is 26.3 Å². The zero-order chi connectivity index (χ0) is 7.12. The summed E-state index contributed by atoms with van der Waals surface area (Å²) >= 11 is 0. The molecular weight excluding hydrogens is 112 g/mol. The Kier molecular flexibility index (Phi) is 1.33. The number of hydrogen-bond acceptors (Lipinski definition) is 2. The summed E-state index contributed by atoms with van der Waals surface area (Å²) in [5.74, 6) is 0. The van der Waals surface area contributed by atoms with Crippen LogP contribution >= 0.6 is 0 Å². The summed E-state index contributed by atoms with van der Waals surface area (Å²) in [5.41, 5.74) is 6.23. The maximum absolute atomic E-state index is 5.94. The van der Waals surface area contributed by atoms with Gasteiger partial charge >= 0.3 is 0 Å². The van der Waals surface area contributed by atoms with Crippen molar-refractivity contribution in [1.82, 2.24) is 5.32 Å². The topological polar surface area (TPSA) is 38.0 Å². The van der Waals surface area contributed by atoms with Crippen molar-refractivity contribution in [3.8, 4) is 0 Å². The van der Waals surface area contributed by atoms with Crippen LogP contribution in [-0.2, 0) is 0 Å². The molecule has 0 saturated carbocycles. The highest BCUT2D eigenvalue weighted by molar-refractivity contribution is 5.02. The maximum Gasteiger partial charge on any atom is 0.0175 e. The molecule has 1 heterocycles. The van der Waals surface area contributed by atoms with Gasteiger partial charge in [0.2, 0.25) is 0 Å². The van der Waals surface area contributed by atoms with Gasteiger partial charge in [-0.2, -0.15) is 0 Å². The van der Waals surface area contributed by atoms with Crippen LogP contribution in [0.2, 0.25) is 0 Å². The lowest BCUT2D eigenvalue weighted by Crippen LogP contribution is -2.65. The van der Waals surface area contributed by atoms with Crippen LogP contribution in [-0.4, -0.2) is 18.6 Å². The second kappa shape index (κ2) is 1.70. The Morgan fingerprint density at radius 2 is 1.89 bits per heavy atom. The van der Waals surface area contributed by atoms with Crippen LogP contribution in [0, 0.1) is 5.41 Å². The first kappa shape index (κ1) is 7.03. The number of rotatable bonds is 1. The van der Waals surface area contributed by atoms with Crippen molar-refractivity contribution < 1.29 is 0 Å². The third-order valence-corrected chi connectivity index (χ3v) is 2.59. The minimum Gasteiger partial charge on any atom is -0.325 e. The average molecular weight is 128 g/mol. The van der Waals surface area contributed by atoms with E-state index in [1.54, 1.807) is 0 Å². The van der Waals surface area contributed by atoms with Crippen LogP contribution in [0.25, 0.3) is 0 Å². The van der Waals surface area contributed by atoms with Gasteiger partial charge in [-0.15, -0.1) is 0 Å². The lowest BCUT2D eigenvalue weighted by Gasteiger charge is -2.49. The van der Waals surface area contributed by atoms with Gasteiger partial charge in [0.25, 0.3) is 0 Å². The van der Waals surface area contributed by atoms with Crippen LogP contribution in [0.5, 0.6) is 0 Å².